The molecule has 1 unspecified atom stereocenters. The zero-order chi connectivity index (χ0) is 24.7. The summed E-state index contributed by atoms with van der Waals surface area (Å²) >= 11 is 1.48. The molecule has 0 amide bonds. The third kappa shape index (κ3) is 6.75. The van der Waals surface area contributed by atoms with Gasteiger partial charge in [0.05, 0.1) is 19.3 Å². The van der Waals surface area contributed by atoms with Crippen LogP contribution in [0.5, 0.6) is 5.75 Å². The smallest absolute Gasteiger partial charge is 0.416 e. The number of hydrogen-bond donors (Lipinski definition) is 0. The van der Waals surface area contributed by atoms with Crippen molar-refractivity contribution in [2.24, 2.45) is 0 Å². The second-order valence-electron chi connectivity index (χ2n) is 8.50. The predicted molar refractivity (Wildman–Crippen MR) is 131 cm³/mol. The highest BCUT2D eigenvalue weighted by Crippen LogP contribution is 2.41. The fourth-order valence-corrected chi connectivity index (χ4v) is 5.51. The van der Waals surface area contributed by atoms with Crippen molar-refractivity contribution in [3.8, 4) is 5.75 Å². The van der Waals surface area contributed by atoms with E-state index in [-0.39, 0.29) is 11.9 Å². The Morgan fingerprint density at radius 3 is 2.47 bits per heavy atom. The fourth-order valence-electron chi connectivity index (χ4n) is 4.09. The Bertz CT molecular complexity index is 1090. The van der Waals surface area contributed by atoms with E-state index in [1.165, 1.54) is 30.6 Å². The summed E-state index contributed by atoms with van der Waals surface area (Å²) in [6, 6.07) is 11.7. The van der Waals surface area contributed by atoms with Gasteiger partial charge in [-0.05, 0) is 72.9 Å². The summed E-state index contributed by atoms with van der Waals surface area (Å²) in [5.74, 6) is 0.773. The number of carbonyl (C=O) groups excluding carboxylic acids is 1. The molecule has 1 aromatic heterocycles. The normalized spacial score (nSPS) is 12.6. The zero-order valence-corrected chi connectivity index (χ0v) is 20.7. The first-order valence-electron chi connectivity index (χ1n) is 11.6. The molecule has 3 rings (SSSR count). The summed E-state index contributed by atoms with van der Waals surface area (Å²) in [5.41, 5.74) is 1.51. The van der Waals surface area contributed by atoms with Crippen molar-refractivity contribution in [1.29, 1.82) is 0 Å². The molecule has 0 saturated carbocycles. The lowest BCUT2D eigenvalue weighted by Gasteiger charge is -2.17. The summed E-state index contributed by atoms with van der Waals surface area (Å²) in [5, 5.41) is 0.901. The number of rotatable bonds is 11. The summed E-state index contributed by atoms with van der Waals surface area (Å²) in [7, 11) is 1.38. The molecule has 7 heteroatoms. The molecule has 0 N–H and O–H groups in total. The van der Waals surface area contributed by atoms with Gasteiger partial charge < -0.3 is 9.47 Å². The third-order valence-electron chi connectivity index (χ3n) is 6.08. The minimum Gasteiger partial charge on any atom is -0.494 e. The van der Waals surface area contributed by atoms with Crippen LogP contribution in [0.1, 0.15) is 66.5 Å². The van der Waals surface area contributed by atoms with Crippen LogP contribution in [0.15, 0.2) is 42.5 Å². The second-order valence-corrected chi connectivity index (χ2v) is 9.58. The van der Waals surface area contributed by atoms with Gasteiger partial charge in [0, 0.05) is 16.0 Å². The SMILES string of the molecule is CCCCC(CCOc1ccc(CCC(=O)OC)cc1)c1sc2cc(C(F)(F)F)ccc2c1C. The Labute approximate surface area is 202 Å². The Hall–Kier alpha value is -2.54. The summed E-state index contributed by atoms with van der Waals surface area (Å²) < 4.78 is 50.8. The molecule has 0 aliphatic rings. The maximum Gasteiger partial charge on any atom is 0.416 e. The van der Waals surface area contributed by atoms with E-state index in [0.29, 0.717) is 24.1 Å². The second kappa shape index (κ2) is 11.7. The molecule has 0 radical (unpaired) electrons. The average Bonchev–Trinajstić information content (AvgIpc) is 3.15. The number of aryl methyl sites for hydroxylation is 2. The quantitative estimate of drug-likeness (QED) is 0.254. The Morgan fingerprint density at radius 2 is 1.82 bits per heavy atom. The molecule has 0 spiro atoms. The number of thiophene rings is 1. The van der Waals surface area contributed by atoms with E-state index >= 15 is 0 Å². The van der Waals surface area contributed by atoms with E-state index in [1.54, 1.807) is 6.07 Å². The lowest BCUT2D eigenvalue weighted by Crippen LogP contribution is -2.06. The van der Waals surface area contributed by atoms with Gasteiger partial charge in [0.2, 0.25) is 0 Å². The molecular formula is C27H31F3O3S. The van der Waals surface area contributed by atoms with Crippen LogP contribution in [0, 0.1) is 6.92 Å². The minimum atomic E-state index is -4.34. The van der Waals surface area contributed by atoms with E-state index < -0.39 is 11.7 Å². The van der Waals surface area contributed by atoms with Crippen LogP contribution in [0.2, 0.25) is 0 Å². The monoisotopic (exact) mass is 492 g/mol. The number of methoxy groups -OCH3 is 1. The van der Waals surface area contributed by atoms with Gasteiger partial charge >= 0.3 is 12.1 Å². The van der Waals surface area contributed by atoms with Gasteiger partial charge in [-0.25, -0.2) is 0 Å². The largest absolute Gasteiger partial charge is 0.494 e. The van der Waals surface area contributed by atoms with Gasteiger partial charge in [0.1, 0.15) is 5.75 Å². The Morgan fingerprint density at radius 1 is 1.09 bits per heavy atom. The van der Waals surface area contributed by atoms with Gasteiger partial charge in [0.15, 0.2) is 0 Å². The molecule has 184 valence electrons. The number of unbranched alkanes of at least 4 members (excludes halogenated alkanes) is 1. The van der Waals surface area contributed by atoms with Crippen molar-refractivity contribution in [2.45, 2.75) is 64.5 Å². The highest BCUT2D eigenvalue weighted by molar-refractivity contribution is 7.19. The van der Waals surface area contributed by atoms with Crippen LogP contribution < -0.4 is 4.74 Å². The molecule has 0 aliphatic carbocycles. The van der Waals surface area contributed by atoms with E-state index in [2.05, 4.69) is 11.7 Å². The third-order valence-corrected chi connectivity index (χ3v) is 7.50. The van der Waals surface area contributed by atoms with E-state index in [4.69, 9.17) is 4.74 Å². The van der Waals surface area contributed by atoms with E-state index in [1.807, 2.05) is 31.2 Å². The van der Waals surface area contributed by atoms with Crippen LogP contribution in [-0.4, -0.2) is 19.7 Å². The number of carbonyl (C=O) groups is 1. The number of esters is 1. The van der Waals surface area contributed by atoms with Crippen LogP contribution >= 0.6 is 11.3 Å². The van der Waals surface area contributed by atoms with Crippen molar-refractivity contribution in [3.05, 3.63) is 64.0 Å². The number of hydrogen-bond acceptors (Lipinski definition) is 4. The number of fused-ring (bicyclic) bond motifs is 1. The molecule has 0 fully saturated rings. The topological polar surface area (TPSA) is 35.5 Å². The van der Waals surface area contributed by atoms with E-state index in [9.17, 15) is 18.0 Å². The molecule has 34 heavy (non-hydrogen) atoms. The van der Waals surface area contributed by atoms with Gasteiger partial charge in [-0.2, -0.15) is 13.2 Å². The maximum atomic E-state index is 13.2. The standard InChI is InChI=1S/C27H31F3O3S/c1-4-5-6-20(15-16-33-22-11-7-19(8-12-22)9-14-25(31)32-3)26-18(2)23-13-10-21(27(28,29)30)17-24(23)34-26/h7-8,10-13,17,20H,4-6,9,14-16H2,1-3H3. The molecule has 0 bridgehead atoms. The van der Waals surface area contributed by atoms with Gasteiger partial charge in [-0.3, -0.25) is 4.79 Å². The molecular weight excluding hydrogens is 461 g/mol. The fraction of sp³-hybridized carbons (Fsp3) is 0.444. The zero-order valence-electron chi connectivity index (χ0n) is 19.8. The Balaban J connectivity index is 1.67. The lowest BCUT2D eigenvalue weighted by atomic mass is 9.94. The molecule has 1 heterocycles. The highest BCUT2D eigenvalue weighted by Gasteiger charge is 2.31. The number of alkyl halides is 3. The Kier molecular flexibility index (Phi) is 9.00. The van der Waals surface area contributed by atoms with Gasteiger partial charge in [-0.1, -0.05) is 38.0 Å². The van der Waals surface area contributed by atoms with Gasteiger partial charge in [-0.15, -0.1) is 11.3 Å². The molecule has 1 atom stereocenters. The summed E-state index contributed by atoms with van der Waals surface area (Å²) in [6.07, 6.45) is 0.516. The molecule has 3 aromatic rings. The predicted octanol–water partition coefficient (Wildman–Crippen LogP) is 8.08. The molecule has 0 aliphatic heterocycles. The summed E-state index contributed by atoms with van der Waals surface area (Å²) in [4.78, 5) is 12.5. The lowest BCUT2D eigenvalue weighted by molar-refractivity contribution is -0.140. The van der Waals surface area contributed by atoms with Gasteiger partial charge in [0.25, 0.3) is 0 Å². The van der Waals surface area contributed by atoms with Crippen LogP contribution in [0.25, 0.3) is 10.1 Å². The number of ether oxygens (including phenoxy) is 2. The molecule has 0 saturated heterocycles. The minimum absolute atomic E-state index is 0.232. The number of benzene rings is 2. The molecule has 3 nitrogen and oxygen atoms in total. The van der Waals surface area contributed by atoms with Crippen molar-refractivity contribution in [1.82, 2.24) is 0 Å². The number of halogens is 3. The van der Waals surface area contributed by atoms with Crippen molar-refractivity contribution in [3.63, 3.8) is 0 Å². The first-order chi connectivity index (χ1) is 16.2. The first kappa shape index (κ1) is 26.1. The van der Waals surface area contributed by atoms with Crippen molar-refractivity contribution in [2.75, 3.05) is 13.7 Å². The summed E-state index contributed by atoms with van der Waals surface area (Å²) in [6.45, 7) is 4.67. The van der Waals surface area contributed by atoms with Crippen LogP contribution in [0.4, 0.5) is 13.2 Å². The average molecular weight is 493 g/mol. The molecule has 2 aromatic carbocycles. The van der Waals surface area contributed by atoms with Crippen molar-refractivity contribution < 1.29 is 27.4 Å². The van der Waals surface area contributed by atoms with E-state index in [0.717, 1.165) is 52.8 Å². The first-order valence-corrected chi connectivity index (χ1v) is 12.4. The highest BCUT2D eigenvalue weighted by atomic mass is 32.1. The maximum absolute atomic E-state index is 13.2. The van der Waals surface area contributed by atoms with Crippen molar-refractivity contribution >= 4 is 27.4 Å². The van der Waals surface area contributed by atoms with Crippen LogP contribution in [-0.2, 0) is 22.1 Å². The van der Waals surface area contributed by atoms with Crippen LogP contribution in [0.3, 0.4) is 0 Å².